The van der Waals surface area contributed by atoms with Crippen LogP contribution in [0.4, 0.5) is 4.39 Å². The molecule has 1 saturated carbocycles. The number of halogens is 1. The zero-order valence-corrected chi connectivity index (χ0v) is 9.93. The third-order valence-corrected chi connectivity index (χ3v) is 3.66. The molecule has 1 aliphatic rings. The lowest BCUT2D eigenvalue weighted by Gasteiger charge is -2.43. The lowest BCUT2D eigenvalue weighted by molar-refractivity contribution is 0.234. The lowest BCUT2D eigenvalue weighted by atomic mass is 9.64. The molecule has 1 aliphatic carbocycles. The first-order valence-electron chi connectivity index (χ1n) is 6.24. The highest BCUT2D eigenvalue weighted by molar-refractivity contribution is 5.29. The van der Waals surface area contributed by atoms with Crippen molar-refractivity contribution in [2.45, 2.75) is 38.0 Å². The van der Waals surface area contributed by atoms with Crippen LogP contribution in [-0.2, 0) is 5.41 Å². The molecule has 2 rings (SSSR count). The largest absolute Gasteiger partial charge is 0.316 e. The molecule has 16 heavy (non-hydrogen) atoms. The van der Waals surface area contributed by atoms with Crippen molar-refractivity contribution in [2.75, 3.05) is 13.1 Å². The summed E-state index contributed by atoms with van der Waals surface area (Å²) in [5.41, 5.74) is 1.58. The van der Waals surface area contributed by atoms with E-state index in [1.807, 2.05) is 12.1 Å². The quantitative estimate of drug-likeness (QED) is 0.753. The Morgan fingerprint density at radius 3 is 2.44 bits per heavy atom. The van der Waals surface area contributed by atoms with Gasteiger partial charge in [-0.1, -0.05) is 25.5 Å². The van der Waals surface area contributed by atoms with Crippen LogP contribution in [0.1, 0.15) is 38.2 Å². The maximum absolute atomic E-state index is 12.9. The minimum absolute atomic E-state index is 0.139. The van der Waals surface area contributed by atoms with Gasteiger partial charge in [-0.2, -0.15) is 0 Å². The van der Waals surface area contributed by atoms with Crippen LogP contribution in [0.5, 0.6) is 0 Å². The Hall–Kier alpha value is -0.890. The molecule has 0 aliphatic heterocycles. The summed E-state index contributed by atoms with van der Waals surface area (Å²) in [6.07, 6.45) is 4.93. The van der Waals surface area contributed by atoms with Crippen molar-refractivity contribution < 1.29 is 4.39 Å². The first-order valence-corrected chi connectivity index (χ1v) is 6.24. The van der Waals surface area contributed by atoms with E-state index in [9.17, 15) is 4.39 Å². The first kappa shape index (κ1) is 11.6. The van der Waals surface area contributed by atoms with Gasteiger partial charge in [0, 0.05) is 12.0 Å². The molecule has 1 N–H and O–H groups in total. The van der Waals surface area contributed by atoms with Gasteiger partial charge in [0.1, 0.15) is 5.82 Å². The van der Waals surface area contributed by atoms with Gasteiger partial charge in [-0.25, -0.2) is 4.39 Å². The summed E-state index contributed by atoms with van der Waals surface area (Å²) in [5, 5.41) is 3.50. The molecule has 0 radical (unpaired) electrons. The maximum Gasteiger partial charge on any atom is 0.123 e. The van der Waals surface area contributed by atoms with Crippen molar-refractivity contribution >= 4 is 0 Å². The fourth-order valence-corrected chi connectivity index (χ4v) is 2.48. The van der Waals surface area contributed by atoms with Crippen molar-refractivity contribution in [1.29, 1.82) is 0 Å². The minimum atomic E-state index is -0.139. The average Bonchev–Trinajstić information content (AvgIpc) is 2.24. The van der Waals surface area contributed by atoms with E-state index in [-0.39, 0.29) is 11.2 Å². The van der Waals surface area contributed by atoms with Gasteiger partial charge >= 0.3 is 0 Å². The zero-order valence-electron chi connectivity index (χ0n) is 9.93. The normalized spacial score (nSPS) is 18.1. The standard InChI is InChI=1S/C14H20FN/c1-2-10-16-11-14(8-3-9-14)12-4-6-13(15)7-5-12/h4-7,16H,2-3,8-11H2,1H3. The van der Waals surface area contributed by atoms with E-state index in [0.29, 0.717) is 0 Å². The second-order valence-electron chi connectivity index (χ2n) is 4.82. The highest BCUT2D eigenvalue weighted by Gasteiger charge is 2.37. The van der Waals surface area contributed by atoms with Gasteiger partial charge in [-0.05, 0) is 43.5 Å². The fraction of sp³-hybridized carbons (Fsp3) is 0.571. The van der Waals surface area contributed by atoms with Gasteiger partial charge < -0.3 is 5.32 Å². The number of hydrogen-bond donors (Lipinski definition) is 1. The Labute approximate surface area is 97.1 Å². The molecule has 0 heterocycles. The summed E-state index contributed by atoms with van der Waals surface area (Å²) in [7, 11) is 0. The topological polar surface area (TPSA) is 12.0 Å². The molecule has 88 valence electrons. The van der Waals surface area contributed by atoms with E-state index in [4.69, 9.17) is 0 Å². The van der Waals surface area contributed by atoms with E-state index in [1.165, 1.54) is 31.2 Å². The summed E-state index contributed by atoms with van der Waals surface area (Å²) in [4.78, 5) is 0. The minimum Gasteiger partial charge on any atom is -0.316 e. The molecule has 2 heteroatoms. The summed E-state index contributed by atoms with van der Waals surface area (Å²) in [5.74, 6) is -0.139. The monoisotopic (exact) mass is 221 g/mol. The Morgan fingerprint density at radius 2 is 1.94 bits per heavy atom. The second kappa shape index (κ2) is 4.96. The summed E-state index contributed by atoms with van der Waals surface area (Å²) < 4.78 is 12.9. The van der Waals surface area contributed by atoms with Crippen molar-refractivity contribution in [2.24, 2.45) is 0 Å². The molecule has 1 nitrogen and oxygen atoms in total. The highest BCUT2D eigenvalue weighted by Crippen LogP contribution is 2.43. The van der Waals surface area contributed by atoms with Gasteiger partial charge in [0.15, 0.2) is 0 Å². The molecule has 0 atom stereocenters. The van der Waals surface area contributed by atoms with Crippen molar-refractivity contribution in [3.63, 3.8) is 0 Å². The molecular weight excluding hydrogens is 201 g/mol. The summed E-state index contributed by atoms with van der Waals surface area (Å²) >= 11 is 0. The van der Waals surface area contributed by atoms with Crippen LogP contribution in [-0.4, -0.2) is 13.1 Å². The second-order valence-corrected chi connectivity index (χ2v) is 4.82. The van der Waals surface area contributed by atoms with Crippen LogP contribution >= 0.6 is 0 Å². The fourth-order valence-electron chi connectivity index (χ4n) is 2.48. The SMILES string of the molecule is CCCNCC1(c2ccc(F)cc2)CCC1. The van der Waals surface area contributed by atoms with Crippen LogP contribution in [0, 0.1) is 5.82 Å². The molecule has 1 fully saturated rings. The smallest absolute Gasteiger partial charge is 0.123 e. The predicted octanol–water partition coefficient (Wildman–Crippen LogP) is 3.25. The van der Waals surface area contributed by atoms with Crippen LogP contribution in [0.2, 0.25) is 0 Å². The molecular formula is C14H20FN. The van der Waals surface area contributed by atoms with E-state index in [0.717, 1.165) is 13.1 Å². The highest BCUT2D eigenvalue weighted by atomic mass is 19.1. The van der Waals surface area contributed by atoms with Crippen molar-refractivity contribution in [3.05, 3.63) is 35.6 Å². The van der Waals surface area contributed by atoms with E-state index in [2.05, 4.69) is 12.2 Å². The van der Waals surface area contributed by atoms with E-state index in [1.54, 1.807) is 12.1 Å². The average molecular weight is 221 g/mol. The van der Waals surface area contributed by atoms with Gasteiger partial charge in [0.25, 0.3) is 0 Å². The van der Waals surface area contributed by atoms with Crippen LogP contribution in [0.25, 0.3) is 0 Å². The molecule has 0 aromatic heterocycles. The molecule has 0 amide bonds. The van der Waals surface area contributed by atoms with Crippen molar-refractivity contribution in [1.82, 2.24) is 5.32 Å². The Balaban J connectivity index is 2.05. The van der Waals surface area contributed by atoms with Gasteiger partial charge in [-0.15, -0.1) is 0 Å². The third-order valence-electron chi connectivity index (χ3n) is 3.66. The number of nitrogens with one attached hydrogen (secondary N) is 1. The predicted molar refractivity (Wildman–Crippen MR) is 65.1 cm³/mol. The van der Waals surface area contributed by atoms with Crippen LogP contribution < -0.4 is 5.32 Å². The third kappa shape index (κ3) is 2.27. The number of benzene rings is 1. The maximum atomic E-state index is 12.9. The Bertz CT molecular complexity index is 327. The molecule has 0 bridgehead atoms. The lowest BCUT2D eigenvalue weighted by Crippen LogP contribution is -2.44. The molecule has 0 saturated heterocycles. The van der Waals surface area contributed by atoms with Crippen molar-refractivity contribution in [3.8, 4) is 0 Å². The summed E-state index contributed by atoms with van der Waals surface area (Å²) in [6, 6.07) is 7.05. The van der Waals surface area contributed by atoms with Gasteiger partial charge in [0.2, 0.25) is 0 Å². The molecule has 0 spiro atoms. The van der Waals surface area contributed by atoms with Crippen LogP contribution in [0.3, 0.4) is 0 Å². The van der Waals surface area contributed by atoms with Crippen LogP contribution in [0.15, 0.2) is 24.3 Å². The van der Waals surface area contributed by atoms with Gasteiger partial charge in [-0.3, -0.25) is 0 Å². The van der Waals surface area contributed by atoms with Gasteiger partial charge in [0.05, 0.1) is 0 Å². The molecule has 1 aromatic carbocycles. The molecule has 0 unspecified atom stereocenters. The zero-order chi connectivity index (χ0) is 11.4. The van der Waals surface area contributed by atoms with E-state index < -0.39 is 0 Å². The number of rotatable bonds is 5. The summed E-state index contributed by atoms with van der Waals surface area (Å²) in [6.45, 7) is 4.29. The Morgan fingerprint density at radius 1 is 1.25 bits per heavy atom. The molecule has 1 aromatic rings. The first-order chi connectivity index (χ1) is 7.77. The Kier molecular flexibility index (Phi) is 3.59. The van der Waals surface area contributed by atoms with E-state index >= 15 is 0 Å². The number of hydrogen-bond acceptors (Lipinski definition) is 1.